The summed E-state index contributed by atoms with van der Waals surface area (Å²) >= 11 is 0. The van der Waals surface area contributed by atoms with Crippen molar-refractivity contribution in [3.05, 3.63) is 35.9 Å². The largest absolute Gasteiger partial charge is 0.343 e. The third kappa shape index (κ3) is 4.86. The summed E-state index contributed by atoms with van der Waals surface area (Å²) in [6.45, 7) is 5.79. The van der Waals surface area contributed by atoms with E-state index in [1.165, 1.54) is 12.0 Å². The molecule has 30 heavy (non-hydrogen) atoms. The lowest BCUT2D eigenvalue weighted by Gasteiger charge is -2.39. The van der Waals surface area contributed by atoms with Crippen LogP contribution in [0.1, 0.15) is 38.2 Å². The Bertz CT molecular complexity index is 736. The molecular weight excluding hydrogens is 376 g/mol. The van der Waals surface area contributed by atoms with Crippen molar-refractivity contribution in [1.29, 1.82) is 0 Å². The van der Waals surface area contributed by atoms with E-state index < -0.39 is 0 Å². The molecule has 164 valence electrons. The standard InChI is InChI=1S/C24H36N4O2/c1-17(25-2)23(29)26-22(20-8-9-20)24(30)28-15-12-19-11-14-27(16-21(19)28)13-10-18-6-4-3-5-7-18/h3-7,17,19-22,25H,8-16H2,1-2H3,(H,26,29)/t17-,19+,21+,22-/m0/s1. The number of likely N-dealkylation sites (N-methyl/N-ethyl adjacent to an activating group) is 1. The second kappa shape index (κ2) is 9.48. The zero-order valence-electron chi connectivity index (χ0n) is 18.3. The number of carbonyl (C=O) groups excluding carboxylic acids is 2. The molecule has 2 amide bonds. The molecule has 2 N–H and O–H groups in total. The molecule has 1 aliphatic carbocycles. The van der Waals surface area contributed by atoms with Crippen molar-refractivity contribution in [2.75, 3.05) is 33.2 Å². The zero-order valence-corrected chi connectivity index (χ0v) is 18.3. The molecule has 6 heteroatoms. The monoisotopic (exact) mass is 412 g/mol. The molecule has 4 atom stereocenters. The average Bonchev–Trinajstić information content (AvgIpc) is 3.54. The molecule has 1 aromatic rings. The maximum Gasteiger partial charge on any atom is 0.245 e. The van der Waals surface area contributed by atoms with Gasteiger partial charge in [-0.1, -0.05) is 30.3 Å². The summed E-state index contributed by atoms with van der Waals surface area (Å²) in [5, 5.41) is 6.03. The van der Waals surface area contributed by atoms with Gasteiger partial charge in [-0.2, -0.15) is 0 Å². The number of amides is 2. The molecule has 6 nitrogen and oxygen atoms in total. The van der Waals surface area contributed by atoms with Crippen LogP contribution in [0.2, 0.25) is 0 Å². The number of likely N-dealkylation sites (tertiary alicyclic amines) is 2. The van der Waals surface area contributed by atoms with Crippen molar-refractivity contribution in [1.82, 2.24) is 20.4 Å². The Morgan fingerprint density at radius 2 is 1.83 bits per heavy atom. The number of piperidine rings is 1. The van der Waals surface area contributed by atoms with Gasteiger partial charge < -0.3 is 20.4 Å². The van der Waals surface area contributed by atoms with Gasteiger partial charge >= 0.3 is 0 Å². The number of rotatable bonds is 8. The number of benzene rings is 1. The van der Waals surface area contributed by atoms with Crippen molar-refractivity contribution in [3.63, 3.8) is 0 Å². The normalized spacial score (nSPS) is 26.1. The van der Waals surface area contributed by atoms with Crippen molar-refractivity contribution >= 4 is 11.8 Å². The van der Waals surface area contributed by atoms with Crippen LogP contribution in [0.3, 0.4) is 0 Å². The second-order valence-electron chi connectivity index (χ2n) is 9.31. The van der Waals surface area contributed by atoms with Gasteiger partial charge in [-0.3, -0.25) is 9.59 Å². The average molecular weight is 413 g/mol. The lowest BCUT2D eigenvalue weighted by molar-refractivity contribution is -0.139. The molecule has 0 aromatic heterocycles. The molecule has 2 aliphatic heterocycles. The van der Waals surface area contributed by atoms with E-state index in [0.29, 0.717) is 17.9 Å². The van der Waals surface area contributed by atoms with E-state index in [-0.39, 0.29) is 23.9 Å². The fraction of sp³-hybridized carbons (Fsp3) is 0.667. The van der Waals surface area contributed by atoms with Crippen LogP contribution in [0.25, 0.3) is 0 Å². The summed E-state index contributed by atoms with van der Waals surface area (Å²) in [4.78, 5) is 30.5. The van der Waals surface area contributed by atoms with Crippen molar-refractivity contribution in [2.45, 2.75) is 57.2 Å². The first-order valence-electron chi connectivity index (χ1n) is 11.6. The minimum absolute atomic E-state index is 0.0772. The number of hydrogen-bond acceptors (Lipinski definition) is 4. The van der Waals surface area contributed by atoms with E-state index in [1.54, 1.807) is 7.05 Å². The fourth-order valence-corrected chi connectivity index (χ4v) is 5.01. The van der Waals surface area contributed by atoms with Gasteiger partial charge in [0.25, 0.3) is 0 Å². The molecule has 1 saturated carbocycles. The molecule has 2 saturated heterocycles. The molecular formula is C24H36N4O2. The van der Waals surface area contributed by atoms with Crippen LogP contribution in [0.15, 0.2) is 30.3 Å². The van der Waals surface area contributed by atoms with Gasteiger partial charge in [0.1, 0.15) is 6.04 Å². The van der Waals surface area contributed by atoms with Gasteiger partial charge in [-0.15, -0.1) is 0 Å². The van der Waals surface area contributed by atoms with Crippen LogP contribution in [-0.4, -0.2) is 73.0 Å². The quantitative estimate of drug-likeness (QED) is 0.682. The predicted molar refractivity (Wildman–Crippen MR) is 118 cm³/mol. The number of nitrogens with zero attached hydrogens (tertiary/aromatic N) is 2. The van der Waals surface area contributed by atoms with Gasteiger partial charge in [0.05, 0.1) is 6.04 Å². The van der Waals surface area contributed by atoms with Crippen LogP contribution in [0.4, 0.5) is 0 Å². The minimum Gasteiger partial charge on any atom is -0.343 e. The summed E-state index contributed by atoms with van der Waals surface area (Å²) in [7, 11) is 1.77. The van der Waals surface area contributed by atoms with Gasteiger partial charge in [-0.05, 0) is 70.0 Å². The van der Waals surface area contributed by atoms with E-state index in [9.17, 15) is 9.59 Å². The van der Waals surface area contributed by atoms with Crippen LogP contribution < -0.4 is 10.6 Å². The van der Waals surface area contributed by atoms with Gasteiger partial charge in [-0.25, -0.2) is 0 Å². The fourth-order valence-electron chi connectivity index (χ4n) is 5.01. The molecule has 3 fully saturated rings. The summed E-state index contributed by atoms with van der Waals surface area (Å²) in [6, 6.07) is 10.3. The highest BCUT2D eigenvalue weighted by atomic mass is 16.2. The molecule has 3 aliphatic rings. The topological polar surface area (TPSA) is 64.7 Å². The number of fused-ring (bicyclic) bond motifs is 1. The first-order chi connectivity index (χ1) is 14.6. The van der Waals surface area contributed by atoms with E-state index in [0.717, 1.165) is 51.9 Å². The van der Waals surface area contributed by atoms with Crippen LogP contribution in [0, 0.1) is 11.8 Å². The summed E-state index contributed by atoms with van der Waals surface area (Å²) < 4.78 is 0. The van der Waals surface area contributed by atoms with Crippen molar-refractivity contribution < 1.29 is 9.59 Å². The maximum absolute atomic E-state index is 13.5. The number of nitrogens with one attached hydrogen (secondary N) is 2. The van der Waals surface area contributed by atoms with Crippen molar-refractivity contribution in [3.8, 4) is 0 Å². The van der Waals surface area contributed by atoms with Crippen LogP contribution in [0.5, 0.6) is 0 Å². The van der Waals surface area contributed by atoms with E-state index in [4.69, 9.17) is 0 Å². The maximum atomic E-state index is 13.5. The predicted octanol–water partition coefficient (Wildman–Crippen LogP) is 1.65. The van der Waals surface area contributed by atoms with Crippen molar-refractivity contribution in [2.24, 2.45) is 11.8 Å². The Morgan fingerprint density at radius 3 is 2.53 bits per heavy atom. The summed E-state index contributed by atoms with van der Waals surface area (Å²) in [5.41, 5.74) is 1.37. The molecule has 0 unspecified atom stereocenters. The SMILES string of the molecule is CN[C@@H](C)C(=O)N[C@H](C(=O)N1CC[C@H]2CCN(CCc3ccccc3)C[C@H]21)C1CC1. The lowest BCUT2D eigenvalue weighted by atomic mass is 9.91. The molecule has 0 radical (unpaired) electrons. The van der Waals surface area contributed by atoms with E-state index in [2.05, 4.69) is 50.8 Å². The van der Waals surface area contributed by atoms with Gasteiger partial charge in [0.15, 0.2) is 0 Å². The van der Waals surface area contributed by atoms with E-state index >= 15 is 0 Å². The highest BCUT2D eigenvalue weighted by Crippen LogP contribution is 2.37. The second-order valence-corrected chi connectivity index (χ2v) is 9.31. The Balaban J connectivity index is 1.37. The summed E-state index contributed by atoms with van der Waals surface area (Å²) in [6.07, 6.45) is 5.39. The third-order valence-corrected chi connectivity index (χ3v) is 7.27. The van der Waals surface area contributed by atoms with E-state index in [1.807, 2.05) is 6.92 Å². The molecule has 2 heterocycles. The Kier molecular flexibility index (Phi) is 6.74. The van der Waals surface area contributed by atoms with Crippen LogP contribution >= 0.6 is 0 Å². The minimum atomic E-state index is -0.355. The number of hydrogen-bond donors (Lipinski definition) is 2. The first kappa shape index (κ1) is 21.3. The first-order valence-corrected chi connectivity index (χ1v) is 11.6. The molecule has 4 rings (SSSR count). The number of carbonyl (C=O) groups is 2. The lowest BCUT2D eigenvalue weighted by Crippen LogP contribution is -2.57. The molecule has 0 bridgehead atoms. The highest BCUT2D eigenvalue weighted by Gasteiger charge is 2.46. The Hall–Kier alpha value is -1.92. The van der Waals surface area contributed by atoms with Gasteiger partial charge in [0.2, 0.25) is 11.8 Å². The smallest absolute Gasteiger partial charge is 0.245 e. The highest BCUT2D eigenvalue weighted by molar-refractivity contribution is 5.90. The third-order valence-electron chi connectivity index (χ3n) is 7.27. The molecule has 0 spiro atoms. The van der Waals surface area contributed by atoms with Gasteiger partial charge in [0, 0.05) is 25.7 Å². The Labute approximate surface area is 180 Å². The zero-order chi connectivity index (χ0) is 21.1. The molecule has 1 aromatic carbocycles. The Morgan fingerprint density at radius 1 is 1.10 bits per heavy atom. The van der Waals surface area contributed by atoms with Crippen LogP contribution in [-0.2, 0) is 16.0 Å². The summed E-state index contributed by atoms with van der Waals surface area (Å²) in [5.74, 6) is 0.981.